The van der Waals surface area contributed by atoms with E-state index in [2.05, 4.69) is 11.1 Å². The molecular weight excluding hydrogens is 224 g/mol. The Hall–Kier alpha value is -2.54. The lowest BCUT2D eigenvalue weighted by Crippen LogP contribution is -2.18. The fourth-order valence-electron chi connectivity index (χ4n) is 1.80. The molecule has 0 atom stereocenters. The molecule has 1 aromatic carbocycles. The van der Waals surface area contributed by atoms with Crippen molar-refractivity contribution in [2.45, 2.75) is 6.54 Å². The molecule has 0 saturated carbocycles. The highest BCUT2D eigenvalue weighted by Crippen LogP contribution is 2.20. The van der Waals surface area contributed by atoms with Crippen LogP contribution in [0.5, 0.6) is 0 Å². The van der Waals surface area contributed by atoms with Gasteiger partial charge in [0.05, 0.1) is 17.4 Å². The molecule has 0 aliphatic rings. The van der Waals surface area contributed by atoms with E-state index in [0.717, 1.165) is 16.9 Å². The van der Waals surface area contributed by atoms with Gasteiger partial charge in [-0.05, 0) is 17.7 Å². The molecule has 2 aromatic rings. The molecule has 2 N–H and O–H groups in total. The maximum absolute atomic E-state index is 9.06. The number of nitrogens with two attached hydrogens (primary N) is 1. The maximum atomic E-state index is 9.06. The van der Waals surface area contributed by atoms with Gasteiger partial charge in [0.15, 0.2) is 0 Å². The van der Waals surface area contributed by atoms with Crippen LogP contribution in [0.1, 0.15) is 11.1 Å². The van der Waals surface area contributed by atoms with Crippen molar-refractivity contribution >= 4 is 11.4 Å². The van der Waals surface area contributed by atoms with Crippen molar-refractivity contribution in [2.75, 3.05) is 17.7 Å². The Morgan fingerprint density at radius 3 is 2.83 bits per heavy atom. The van der Waals surface area contributed by atoms with Gasteiger partial charge in [0.25, 0.3) is 0 Å². The van der Waals surface area contributed by atoms with E-state index in [-0.39, 0.29) is 0 Å². The van der Waals surface area contributed by atoms with Crippen molar-refractivity contribution in [3.63, 3.8) is 0 Å². The first-order valence-corrected chi connectivity index (χ1v) is 5.61. The first-order valence-electron chi connectivity index (χ1n) is 5.61. The van der Waals surface area contributed by atoms with Crippen LogP contribution in [0.2, 0.25) is 0 Å². The van der Waals surface area contributed by atoms with Crippen LogP contribution in [0.25, 0.3) is 0 Å². The number of anilines is 2. The number of hydrogen-bond acceptors (Lipinski definition) is 4. The van der Waals surface area contributed by atoms with Crippen LogP contribution in [0, 0.1) is 11.3 Å². The zero-order valence-electron chi connectivity index (χ0n) is 10.2. The van der Waals surface area contributed by atoms with E-state index >= 15 is 0 Å². The average Bonchev–Trinajstić information content (AvgIpc) is 2.41. The van der Waals surface area contributed by atoms with Gasteiger partial charge in [-0.2, -0.15) is 5.26 Å². The molecule has 0 fully saturated rings. The summed E-state index contributed by atoms with van der Waals surface area (Å²) in [5.74, 6) is 0. The number of nitriles is 1. The highest BCUT2D eigenvalue weighted by atomic mass is 15.1. The summed E-state index contributed by atoms with van der Waals surface area (Å²) in [6, 6.07) is 11.6. The quantitative estimate of drug-likeness (QED) is 0.832. The Labute approximate surface area is 106 Å². The molecule has 0 aliphatic heterocycles. The van der Waals surface area contributed by atoms with Gasteiger partial charge in [0.1, 0.15) is 6.07 Å². The molecule has 0 spiro atoms. The Morgan fingerprint density at radius 2 is 2.11 bits per heavy atom. The molecule has 0 aliphatic carbocycles. The van der Waals surface area contributed by atoms with Gasteiger partial charge >= 0.3 is 0 Å². The molecule has 4 heteroatoms. The summed E-state index contributed by atoms with van der Waals surface area (Å²) in [5.41, 5.74) is 9.12. The lowest BCUT2D eigenvalue weighted by molar-refractivity contribution is 0.917. The topological polar surface area (TPSA) is 65.9 Å². The lowest BCUT2D eigenvalue weighted by atomic mass is 10.1. The third-order valence-electron chi connectivity index (χ3n) is 2.79. The van der Waals surface area contributed by atoms with Gasteiger partial charge < -0.3 is 10.6 Å². The molecule has 1 heterocycles. The van der Waals surface area contributed by atoms with Crippen LogP contribution in [0.4, 0.5) is 11.4 Å². The molecule has 0 bridgehead atoms. The summed E-state index contributed by atoms with van der Waals surface area (Å²) in [6.45, 7) is 0.646. The second-order valence-electron chi connectivity index (χ2n) is 4.06. The van der Waals surface area contributed by atoms with Gasteiger partial charge in [-0.15, -0.1) is 0 Å². The molecule has 90 valence electrons. The van der Waals surface area contributed by atoms with Crippen molar-refractivity contribution in [1.82, 2.24) is 4.98 Å². The largest absolute Gasteiger partial charge is 0.398 e. The minimum Gasteiger partial charge on any atom is -0.398 e. The normalized spacial score (nSPS) is 9.78. The van der Waals surface area contributed by atoms with Gasteiger partial charge in [0, 0.05) is 25.5 Å². The van der Waals surface area contributed by atoms with Crippen LogP contribution in [-0.2, 0) is 6.54 Å². The van der Waals surface area contributed by atoms with Crippen molar-refractivity contribution < 1.29 is 0 Å². The smallest absolute Gasteiger partial charge is 0.101 e. The zero-order valence-corrected chi connectivity index (χ0v) is 10.2. The Bertz CT molecular complexity index is 586. The van der Waals surface area contributed by atoms with Crippen LogP contribution in [-0.4, -0.2) is 12.0 Å². The summed E-state index contributed by atoms with van der Waals surface area (Å²) in [6.07, 6.45) is 3.31. The molecule has 2 rings (SSSR count). The van der Waals surface area contributed by atoms with Gasteiger partial charge in [0.2, 0.25) is 0 Å². The number of pyridine rings is 1. The SMILES string of the molecule is CN(Cc1ccccc1N)c1cnccc1C#N. The van der Waals surface area contributed by atoms with Crippen LogP contribution in [0.3, 0.4) is 0 Å². The lowest BCUT2D eigenvalue weighted by Gasteiger charge is -2.20. The van der Waals surface area contributed by atoms with Crippen molar-refractivity contribution in [3.05, 3.63) is 53.9 Å². The number of nitrogen functional groups attached to an aromatic ring is 1. The van der Waals surface area contributed by atoms with E-state index in [4.69, 9.17) is 11.0 Å². The second-order valence-corrected chi connectivity index (χ2v) is 4.06. The number of para-hydroxylation sites is 1. The van der Waals surface area contributed by atoms with E-state index in [0.29, 0.717) is 12.1 Å². The molecule has 0 unspecified atom stereocenters. The number of benzene rings is 1. The second kappa shape index (κ2) is 5.19. The predicted octanol–water partition coefficient (Wildman–Crippen LogP) is 2.17. The average molecular weight is 238 g/mol. The third-order valence-corrected chi connectivity index (χ3v) is 2.79. The standard InChI is InChI=1S/C14H14N4/c1-18(10-12-4-2-3-5-13(12)16)14-9-17-7-6-11(14)8-15/h2-7,9H,10,16H2,1H3. The summed E-state index contributed by atoms with van der Waals surface area (Å²) in [5, 5.41) is 9.06. The fourth-order valence-corrected chi connectivity index (χ4v) is 1.80. The van der Waals surface area contributed by atoms with Gasteiger partial charge in [-0.1, -0.05) is 18.2 Å². The molecular formula is C14H14N4. The van der Waals surface area contributed by atoms with Crippen molar-refractivity contribution in [2.24, 2.45) is 0 Å². The molecule has 4 nitrogen and oxygen atoms in total. The first kappa shape index (κ1) is 11.9. The number of aromatic nitrogens is 1. The minimum atomic E-state index is 0.613. The van der Waals surface area contributed by atoms with Crippen molar-refractivity contribution in [3.8, 4) is 6.07 Å². The highest BCUT2D eigenvalue weighted by Gasteiger charge is 2.08. The van der Waals surface area contributed by atoms with Crippen LogP contribution < -0.4 is 10.6 Å². The summed E-state index contributed by atoms with van der Waals surface area (Å²) >= 11 is 0. The Morgan fingerprint density at radius 1 is 1.33 bits per heavy atom. The first-order chi connectivity index (χ1) is 8.72. The monoisotopic (exact) mass is 238 g/mol. The summed E-state index contributed by atoms with van der Waals surface area (Å²) < 4.78 is 0. The summed E-state index contributed by atoms with van der Waals surface area (Å²) in [7, 11) is 1.92. The van der Waals surface area contributed by atoms with E-state index in [9.17, 15) is 0 Å². The number of nitrogens with zero attached hydrogens (tertiary/aromatic N) is 3. The van der Waals surface area contributed by atoms with Crippen LogP contribution in [0.15, 0.2) is 42.7 Å². The van der Waals surface area contributed by atoms with E-state index in [1.165, 1.54) is 0 Å². The number of rotatable bonds is 3. The summed E-state index contributed by atoms with van der Waals surface area (Å²) in [4.78, 5) is 6.02. The Kier molecular flexibility index (Phi) is 3.44. The van der Waals surface area contributed by atoms with E-state index in [1.54, 1.807) is 18.5 Å². The molecule has 0 saturated heterocycles. The molecule has 1 aromatic heterocycles. The maximum Gasteiger partial charge on any atom is 0.101 e. The van der Waals surface area contributed by atoms with Crippen LogP contribution >= 0.6 is 0 Å². The molecule has 0 amide bonds. The van der Waals surface area contributed by atoms with E-state index in [1.807, 2.05) is 36.2 Å². The van der Waals surface area contributed by atoms with E-state index < -0.39 is 0 Å². The third kappa shape index (κ3) is 2.41. The van der Waals surface area contributed by atoms with Gasteiger partial charge in [-0.3, -0.25) is 4.98 Å². The van der Waals surface area contributed by atoms with Crippen molar-refractivity contribution in [1.29, 1.82) is 5.26 Å². The molecule has 0 radical (unpaired) electrons. The minimum absolute atomic E-state index is 0.613. The fraction of sp³-hybridized carbons (Fsp3) is 0.143. The predicted molar refractivity (Wildman–Crippen MR) is 71.9 cm³/mol. The highest BCUT2D eigenvalue weighted by molar-refractivity contribution is 5.58. The number of hydrogen-bond donors (Lipinski definition) is 1. The van der Waals surface area contributed by atoms with Gasteiger partial charge in [-0.25, -0.2) is 0 Å². The molecule has 18 heavy (non-hydrogen) atoms. The zero-order chi connectivity index (χ0) is 13.0. The Balaban J connectivity index is 2.26.